The molecule has 7 nitrogen and oxygen atoms in total. The molecule has 2 aromatic carbocycles. The molecule has 1 atom stereocenters. The van der Waals surface area contributed by atoms with E-state index < -0.39 is 0 Å². The first kappa shape index (κ1) is 27.7. The van der Waals surface area contributed by atoms with E-state index in [9.17, 15) is 9.59 Å². The Labute approximate surface area is 245 Å². The van der Waals surface area contributed by atoms with Gasteiger partial charge in [0.2, 0.25) is 11.8 Å². The van der Waals surface area contributed by atoms with E-state index in [-0.39, 0.29) is 29.4 Å². The Morgan fingerprint density at radius 2 is 2.00 bits per heavy atom. The van der Waals surface area contributed by atoms with Gasteiger partial charge in [-0.15, -0.1) is 23.1 Å². The van der Waals surface area contributed by atoms with Crippen molar-refractivity contribution in [1.29, 1.82) is 0 Å². The number of aromatic nitrogens is 2. The van der Waals surface area contributed by atoms with Gasteiger partial charge in [-0.25, -0.2) is 4.68 Å². The molecule has 0 spiro atoms. The highest BCUT2D eigenvalue weighted by Gasteiger charge is 2.38. The van der Waals surface area contributed by atoms with Crippen molar-refractivity contribution in [2.24, 2.45) is 0 Å². The second kappa shape index (κ2) is 12.6. The number of fused-ring (bicyclic) bond motifs is 1. The first-order valence-electron chi connectivity index (χ1n) is 12.3. The monoisotopic (exact) mass is 600 g/mol. The van der Waals surface area contributed by atoms with Crippen LogP contribution in [0.4, 0.5) is 5.82 Å². The number of hydrogen-bond acceptors (Lipinski definition) is 6. The maximum atomic E-state index is 13.7. The van der Waals surface area contributed by atoms with Gasteiger partial charge in [-0.1, -0.05) is 53.5 Å². The Balaban J connectivity index is 1.71. The number of ether oxygens (including phenoxy) is 1. The number of hydrogen-bond donors (Lipinski definition) is 1. The van der Waals surface area contributed by atoms with E-state index in [2.05, 4.69) is 5.32 Å². The van der Waals surface area contributed by atoms with Crippen molar-refractivity contribution in [2.45, 2.75) is 11.7 Å². The summed E-state index contributed by atoms with van der Waals surface area (Å²) < 4.78 is 6.78. The van der Waals surface area contributed by atoms with Crippen LogP contribution in [0.3, 0.4) is 0 Å². The molecule has 0 radical (unpaired) electrons. The predicted octanol–water partition coefficient (Wildman–Crippen LogP) is 6.23. The summed E-state index contributed by atoms with van der Waals surface area (Å²) in [7, 11) is 1.62. The zero-order chi connectivity index (χ0) is 27.4. The van der Waals surface area contributed by atoms with E-state index in [0.29, 0.717) is 41.1 Å². The summed E-state index contributed by atoms with van der Waals surface area (Å²) in [5, 5.41) is 10.8. The van der Waals surface area contributed by atoms with Gasteiger partial charge in [0.05, 0.1) is 26.6 Å². The number of anilines is 1. The predicted molar refractivity (Wildman–Crippen MR) is 159 cm³/mol. The summed E-state index contributed by atoms with van der Waals surface area (Å²) in [6.45, 7) is 0.835. The summed E-state index contributed by atoms with van der Waals surface area (Å²) >= 11 is 16.1. The van der Waals surface area contributed by atoms with Crippen molar-refractivity contribution in [3.8, 4) is 16.3 Å². The number of halogens is 2. The number of nitrogens with zero attached hydrogens (tertiary/aromatic N) is 3. The Kier molecular flexibility index (Phi) is 8.94. The van der Waals surface area contributed by atoms with Gasteiger partial charge in [0.15, 0.2) is 0 Å². The topological polar surface area (TPSA) is 76.5 Å². The summed E-state index contributed by atoms with van der Waals surface area (Å²) in [4.78, 5) is 29.2. The summed E-state index contributed by atoms with van der Waals surface area (Å²) in [5.41, 5.74) is 3.14. The van der Waals surface area contributed by atoms with Crippen molar-refractivity contribution in [3.63, 3.8) is 0 Å². The number of rotatable bonds is 9. The number of thioether (sulfide) groups is 1. The summed E-state index contributed by atoms with van der Waals surface area (Å²) in [6.07, 6.45) is 0.675. The maximum absolute atomic E-state index is 13.7. The van der Waals surface area contributed by atoms with Crippen molar-refractivity contribution in [2.75, 3.05) is 37.5 Å². The van der Waals surface area contributed by atoms with E-state index in [0.717, 1.165) is 21.7 Å². The number of methoxy groups -OCH3 is 1. The minimum absolute atomic E-state index is 0.151. The number of carbonyl (C=O) groups excluding carboxylic acids is 2. The van der Waals surface area contributed by atoms with Gasteiger partial charge in [0.1, 0.15) is 18.1 Å². The molecular weight excluding hydrogens is 575 g/mol. The van der Waals surface area contributed by atoms with Crippen LogP contribution < -0.4 is 10.2 Å². The van der Waals surface area contributed by atoms with Crippen LogP contribution in [0.25, 0.3) is 16.3 Å². The van der Waals surface area contributed by atoms with Gasteiger partial charge >= 0.3 is 0 Å². The van der Waals surface area contributed by atoms with Crippen LogP contribution in [0.1, 0.15) is 22.8 Å². The van der Waals surface area contributed by atoms with Crippen molar-refractivity contribution in [1.82, 2.24) is 15.1 Å². The molecular formula is C28H26Cl2N4O3S2. The number of benzene rings is 2. The van der Waals surface area contributed by atoms with Gasteiger partial charge < -0.3 is 10.1 Å². The lowest BCUT2D eigenvalue weighted by molar-refractivity contribution is -0.122. The van der Waals surface area contributed by atoms with Crippen molar-refractivity contribution >= 4 is 63.9 Å². The zero-order valence-corrected chi connectivity index (χ0v) is 24.2. The smallest absolute Gasteiger partial charge is 0.240 e. The standard InChI is InChI=1S/C28H26Cl2N4O3S2/c1-37-13-6-12-31-23(35)16-33-24(36)17-39-27(18-7-4-8-19(29)15-18)25-26(22-11-5-14-38-22)32-34(28(25)33)21-10-3-2-9-20(21)30/h2-5,7-11,14-15,27H,6,12-13,16-17H2,1H3,(H,31,35)/t27-/m0/s1. The molecule has 39 heavy (non-hydrogen) atoms. The number of para-hydroxylation sites is 1. The van der Waals surface area contributed by atoms with E-state index in [1.807, 2.05) is 60.0 Å². The van der Waals surface area contributed by atoms with Crippen LogP contribution in [0, 0.1) is 0 Å². The Hall–Kier alpha value is -2.82. The first-order valence-corrected chi connectivity index (χ1v) is 15.0. The molecule has 5 rings (SSSR count). The number of carbonyl (C=O) groups is 2. The van der Waals surface area contributed by atoms with Crippen molar-refractivity contribution in [3.05, 3.63) is 87.2 Å². The highest BCUT2D eigenvalue weighted by Crippen LogP contribution is 2.49. The lowest BCUT2D eigenvalue weighted by Gasteiger charge is -2.23. The largest absolute Gasteiger partial charge is 0.385 e. The zero-order valence-electron chi connectivity index (χ0n) is 21.1. The molecule has 0 unspecified atom stereocenters. The Morgan fingerprint density at radius 3 is 2.74 bits per heavy atom. The first-order chi connectivity index (χ1) is 19.0. The number of thiophene rings is 1. The highest BCUT2D eigenvalue weighted by molar-refractivity contribution is 8.00. The van der Waals surface area contributed by atoms with Gasteiger partial charge in [0.25, 0.3) is 0 Å². The molecule has 0 fully saturated rings. The SMILES string of the molecule is COCCCNC(=O)CN1C(=O)CS[C@@H](c2cccc(Cl)c2)c2c(-c3cccs3)nn(-c3ccccc3Cl)c21. The van der Waals surface area contributed by atoms with Gasteiger partial charge in [-0.3, -0.25) is 14.5 Å². The molecule has 0 bridgehead atoms. The van der Waals surface area contributed by atoms with E-state index in [1.54, 1.807) is 29.2 Å². The Morgan fingerprint density at radius 1 is 1.15 bits per heavy atom. The van der Waals surface area contributed by atoms with Gasteiger partial charge in [-0.2, -0.15) is 5.10 Å². The maximum Gasteiger partial charge on any atom is 0.240 e. The minimum Gasteiger partial charge on any atom is -0.385 e. The normalized spacial score (nSPS) is 15.2. The van der Waals surface area contributed by atoms with Crippen LogP contribution in [-0.4, -0.2) is 54.2 Å². The lowest BCUT2D eigenvalue weighted by atomic mass is 10.0. The molecule has 0 aliphatic carbocycles. The fourth-order valence-corrected chi connectivity index (χ4v) is 6.81. The third-order valence-electron chi connectivity index (χ3n) is 6.22. The van der Waals surface area contributed by atoms with Gasteiger partial charge in [0, 0.05) is 30.8 Å². The molecule has 202 valence electrons. The molecule has 1 N–H and O–H groups in total. The fourth-order valence-electron chi connectivity index (χ4n) is 4.48. The molecule has 4 aromatic rings. The van der Waals surface area contributed by atoms with Crippen LogP contribution in [0.5, 0.6) is 0 Å². The number of amides is 2. The second-order valence-corrected chi connectivity index (χ2v) is 11.7. The lowest BCUT2D eigenvalue weighted by Crippen LogP contribution is -2.42. The third-order valence-corrected chi connectivity index (χ3v) is 8.91. The average Bonchev–Trinajstić information content (AvgIpc) is 3.56. The fraction of sp³-hybridized carbons (Fsp3) is 0.250. The van der Waals surface area contributed by atoms with E-state index >= 15 is 0 Å². The molecule has 0 saturated heterocycles. The van der Waals surface area contributed by atoms with E-state index in [1.165, 1.54) is 16.7 Å². The Bertz CT molecular complexity index is 1480. The molecule has 1 aliphatic heterocycles. The molecule has 11 heteroatoms. The van der Waals surface area contributed by atoms with Crippen LogP contribution in [0.15, 0.2) is 66.0 Å². The molecule has 0 saturated carbocycles. The quantitative estimate of drug-likeness (QED) is 0.230. The van der Waals surface area contributed by atoms with Crippen molar-refractivity contribution < 1.29 is 14.3 Å². The second-order valence-electron chi connectivity index (χ2n) is 8.85. The van der Waals surface area contributed by atoms with Gasteiger partial charge in [-0.05, 0) is 47.7 Å². The number of nitrogens with one attached hydrogen (secondary N) is 1. The molecule has 2 aromatic heterocycles. The van der Waals surface area contributed by atoms with Crippen LogP contribution in [0.2, 0.25) is 10.0 Å². The molecule has 3 heterocycles. The van der Waals surface area contributed by atoms with Crippen LogP contribution in [-0.2, 0) is 14.3 Å². The average molecular weight is 602 g/mol. The highest BCUT2D eigenvalue weighted by atomic mass is 35.5. The molecule has 2 amide bonds. The minimum atomic E-state index is -0.263. The summed E-state index contributed by atoms with van der Waals surface area (Å²) in [6, 6.07) is 19.0. The summed E-state index contributed by atoms with van der Waals surface area (Å²) in [5.74, 6) is 0.248. The molecule has 1 aliphatic rings. The van der Waals surface area contributed by atoms with Crippen LogP contribution >= 0.6 is 46.3 Å². The van der Waals surface area contributed by atoms with E-state index in [4.69, 9.17) is 33.0 Å². The third kappa shape index (κ3) is 6.02.